The first-order valence-corrected chi connectivity index (χ1v) is 8.81. The Morgan fingerprint density at radius 3 is 2.21 bits per heavy atom. The molecule has 0 aliphatic heterocycles. The number of alkyl halides is 3. The van der Waals surface area contributed by atoms with Crippen molar-refractivity contribution in [1.29, 1.82) is 0 Å². The summed E-state index contributed by atoms with van der Waals surface area (Å²) in [6, 6.07) is 14.6. The Labute approximate surface area is 161 Å². The summed E-state index contributed by atoms with van der Waals surface area (Å²) in [5, 5.41) is 6.85. The second-order valence-electron chi connectivity index (χ2n) is 5.51. The van der Waals surface area contributed by atoms with Crippen LogP contribution in [0.5, 0.6) is 5.75 Å². The summed E-state index contributed by atoms with van der Waals surface area (Å²) in [4.78, 5) is 24.9. The van der Waals surface area contributed by atoms with Crippen LogP contribution in [-0.2, 0) is 0 Å². The van der Waals surface area contributed by atoms with Crippen LogP contribution in [0, 0.1) is 0 Å². The van der Waals surface area contributed by atoms with Gasteiger partial charge in [-0.05, 0) is 47.8 Å². The number of nitrogens with one attached hydrogen (secondary N) is 2. The largest absolute Gasteiger partial charge is 0.573 e. The number of amides is 2. The number of halogens is 3. The predicted octanol–water partition coefficient (Wildman–Crippen LogP) is 5.15. The van der Waals surface area contributed by atoms with Crippen molar-refractivity contribution in [3.8, 4) is 5.75 Å². The summed E-state index contributed by atoms with van der Waals surface area (Å²) in [5.41, 5.74) is 0.576. The lowest BCUT2D eigenvalue weighted by molar-refractivity contribution is -0.274. The zero-order chi connectivity index (χ0) is 20.1. The Bertz CT molecular complexity index is 971. The summed E-state index contributed by atoms with van der Waals surface area (Å²) in [6.07, 6.45) is -4.87. The molecule has 9 heteroatoms. The molecule has 0 saturated heterocycles. The van der Waals surface area contributed by atoms with Crippen LogP contribution < -0.4 is 15.4 Å². The summed E-state index contributed by atoms with van der Waals surface area (Å²) in [7, 11) is 0. The summed E-state index contributed by atoms with van der Waals surface area (Å²) < 4.78 is 41.3. The number of ether oxygens (including phenoxy) is 1. The van der Waals surface area contributed by atoms with Crippen molar-refractivity contribution in [2.45, 2.75) is 6.36 Å². The molecule has 28 heavy (non-hydrogen) atoms. The maximum atomic E-state index is 12.5. The van der Waals surface area contributed by atoms with E-state index in [0.717, 1.165) is 6.07 Å². The normalized spacial score (nSPS) is 11.0. The Kier molecular flexibility index (Phi) is 5.65. The highest BCUT2D eigenvalue weighted by molar-refractivity contribution is 7.12. The van der Waals surface area contributed by atoms with Gasteiger partial charge < -0.3 is 15.4 Å². The third kappa shape index (κ3) is 5.10. The van der Waals surface area contributed by atoms with Crippen molar-refractivity contribution in [2.24, 2.45) is 0 Å². The minimum Gasteiger partial charge on any atom is -0.404 e. The molecular formula is C19H13F3N2O3S. The van der Waals surface area contributed by atoms with Gasteiger partial charge in [0.25, 0.3) is 11.8 Å². The smallest absolute Gasteiger partial charge is 0.404 e. The number of para-hydroxylation sites is 2. The lowest BCUT2D eigenvalue weighted by Crippen LogP contribution is -2.19. The van der Waals surface area contributed by atoms with Crippen LogP contribution in [-0.4, -0.2) is 18.2 Å². The number of rotatable bonds is 5. The van der Waals surface area contributed by atoms with E-state index >= 15 is 0 Å². The van der Waals surface area contributed by atoms with E-state index in [-0.39, 0.29) is 17.2 Å². The third-order valence-corrected chi connectivity index (χ3v) is 4.38. The summed E-state index contributed by atoms with van der Waals surface area (Å²) >= 11 is 1.30. The second kappa shape index (κ2) is 8.13. The van der Waals surface area contributed by atoms with Gasteiger partial charge in [0.2, 0.25) is 0 Å². The number of hydrogen-bond acceptors (Lipinski definition) is 4. The van der Waals surface area contributed by atoms with Crippen LogP contribution >= 0.6 is 11.3 Å². The lowest BCUT2D eigenvalue weighted by Gasteiger charge is -2.14. The number of benzene rings is 2. The molecule has 0 atom stereocenters. The molecule has 0 unspecified atom stereocenters. The summed E-state index contributed by atoms with van der Waals surface area (Å²) in [6.45, 7) is 0. The molecule has 0 radical (unpaired) electrons. The van der Waals surface area contributed by atoms with Crippen molar-refractivity contribution < 1.29 is 27.5 Å². The first kappa shape index (κ1) is 19.4. The van der Waals surface area contributed by atoms with E-state index in [1.165, 1.54) is 53.8 Å². The molecule has 0 aliphatic carbocycles. The highest BCUT2D eigenvalue weighted by atomic mass is 32.1. The van der Waals surface area contributed by atoms with E-state index in [9.17, 15) is 22.8 Å². The maximum absolute atomic E-state index is 12.5. The Hall–Kier alpha value is -3.33. The molecule has 0 saturated carbocycles. The van der Waals surface area contributed by atoms with Gasteiger partial charge in [-0.3, -0.25) is 9.59 Å². The van der Waals surface area contributed by atoms with Crippen LogP contribution in [0.1, 0.15) is 20.0 Å². The van der Waals surface area contributed by atoms with E-state index in [1.54, 1.807) is 17.5 Å². The van der Waals surface area contributed by atoms with Crippen molar-refractivity contribution in [1.82, 2.24) is 0 Å². The molecule has 2 N–H and O–H groups in total. The van der Waals surface area contributed by atoms with Crippen molar-refractivity contribution in [3.05, 3.63) is 76.5 Å². The molecule has 0 spiro atoms. The van der Waals surface area contributed by atoms with Gasteiger partial charge in [0.15, 0.2) is 5.75 Å². The highest BCUT2D eigenvalue weighted by Crippen LogP contribution is 2.30. The first-order chi connectivity index (χ1) is 13.3. The molecule has 1 aromatic heterocycles. The van der Waals surface area contributed by atoms with Crippen LogP contribution in [0.2, 0.25) is 0 Å². The van der Waals surface area contributed by atoms with Gasteiger partial charge in [-0.25, -0.2) is 0 Å². The zero-order valence-corrected chi connectivity index (χ0v) is 14.9. The molecule has 2 aromatic carbocycles. The molecule has 144 valence electrons. The SMILES string of the molecule is O=C(Nc1ccccc1OC(F)(F)F)c1ccc(NC(=O)c2cccs2)cc1. The average Bonchev–Trinajstić information content (AvgIpc) is 3.17. The first-order valence-electron chi connectivity index (χ1n) is 7.93. The van der Waals surface area contributed by atoms with E-state index in [2.05, 4.69) is 15.4 Å². The number of thiophene rings is 1. The molecule has 0 aliphatic rings. The zero-order valence-electron chi connectivity index (χ0n) is 14.1. The Morgan fingerprint density at radius 1 is 0.857 bits per heavy atom. The predicted molar refractivity (Wildman–Crippen MR) is 99.8 cm³/mol. The van der Waals surface area contributed by atoms with Gasteiger partial charge >= 0.3 is 6.36 Å². The van der Waals surface area contributed by atoms with E-state index < -0.39 is 18.0 Å². The highest BCUT2D eigenvalue weighted by Gasteiger charge is 2.32. The van der Waals surface area contributed by atoms with Gasteiger partial charge in [0.05, 0.1) is 10.6 Å². The quantitative estimate of drug-likeness (QED) is 0.616. The molecule has 0 bridgehead atoms. The van der Waals surface area contributed by atoms with Crippen molar-refractivity contribution in [3.63, 3.8) is 0 Å². The standard InChI is InChI=1S/C19H13F3N2O3S/c20-19(21,22)27-15-5-2-1-4-14(15)24-17(25)12-7-9-13(10-8-12)23-18(26)16-6-3-11-28-16/h1-11H,(H,23,26)(H,24,25). The molecule has 3 rings (SSSR count). The molecule has 1 heterocycles. The number of carbonyl (C=O) groups is 2. The number of carbonyl (C=O) groups excluding carboxylic acids is 2. The maximum Gasteiger partial charge on any atom is 0.573 e. The number of hydrogen-bond donors (Lipinski definition) is 2. The average molecular weight is 406 g/mol. The van der Waals surface area contributed by atoms with Gasteiger partial charge in [0.1, 0.15) is 0 Å². The van der Waals surface area contributed by atoms with E-state index in [4.69, 9.17) is 0 Å². The monoisotopic (exact) mass is 406 g/mol. The van der Waals surface area contributed by atoms with Gasteiger partial charge in [-0.1, -0.05) is 18.2 Å². The topological polar surface area (TPSA) is 67.4 Å². The second-order valence-corrected chi connectivity index (χ2v) is 6.45. The van der Waals surface area contributed by atoms with Crippen molar-refractivity contribution >= 4 is 34.5 Å². The van der Waals surface area contributed by atoms with Crippen LogP contribution in [0.4, 0.5) is 24.5 Å². The van der Waals surface area contributed by atoms with Crippen LogP contribution in [0.15, 0.2) is 66.0 Å². The molecular weight excluding hydrogens is 393 g/mol. The lowest BCUT2D eigenvalue weighted by atomic mass is 10.2. The molecule has 3 aromatic rings. The van der Waals surface area contributed by atoms with Crippen LogP contribution in [0.3, 0.4) is 0 Å². The Balaban J connectivity index is 1.68. The fraction of sp³-hybridized carbons (Fsp3) is 0.0526. The molecule has 0 fully saturated rings. The van der Waals surface area contributed by atoms with Gasteiger partial charge in [-0.15, -0.1) is 24.5 Å². The van der Waals surface area contributed by atoms with E-state index in [1.807, 2.05) is 0 Å². The fourth-order valence-electron chi connectivity index (χ4n) is 2.28. The minimum atomic E-state index is -4.87. The third-order valence-electron chi connectivity index (χ3n) is 3.51. The van der Waals surface area contributed by atoms with E-state index in [0.29, 0.717) is 10.6 Å². The minimum absolute atomic E-state index is 0.111. The van der Waals surface area contributed by atoms with Gasteiger partial charge in [0, 0.05) is 11.3 Å². The molecule has 2 amide bonds. The van der Waals surface area contributed by atoms with Gasteiger partial charge in [-0.2, -0.15) is 0 Å². The summed E-state index contributed by atoms with van der Waals surface area (Å²) in [5.74, 6) is -1.40. The Morgan fingerprint density at radius 2 is 1.57 bits per heavy atom. The molecule has 5 nitrogen and oxygen atoms in total. The fourth-order valence-corrected chi connectivity index (χ4v) is 2.90. The number of anilines is 2. The van der Waals surface area contributed by atoms with Crippen molar-refractivity contribution in [2.75, 3.05) is 10.6 Å². The van der Waals surface area contributed by atoms with Crippen LogP contribution in [0.25, 0.3) is 0 Å².